The highest BCUT2D eigenvalue weighted by atomic mass is 16.8. The number of ether oxygens (including phenoxy) is 4. The maximum absolute atomic E-state index is 12.0. The summed E-state index contributed by atoms with van der Waals surface area (Å²) in [6.07, 6.45) is 0.0451. The van der Waals surface area contributed by atoms with Gasteiger partial charge >= 0.3 is 11.9 Å². The normalized spacial score (nSPS) is 19.1. The number of carbonyl (C=O) groups excluding carboxylic acids is 2. The van der Waals surface area contributed by atoms with Crippen LogP contribution in [0.1, 0.15) is 31.2 Å². The Bertz CT molecular complexity index is 655. The predicted molar refractivity (Wildman–Crippen MR) is 96.4 cm³/mol. The zero-order chi connectivity index (χ0) is 19.8. The van der Waals surface area contributed by atoms with Crippen LogP contribution in [0.25, 0.3) is 0 Å². The topological polar surface area (TPSA) is 92.7 Å². The molecule has 8 heteroatoms. The maximum Gasteiger partial charge on any atom is 0.320 e. The number of oxime groups is 1. The summed E-state index contributed by atoms with van der Waals surface area (Å²) in [7, 11) is 4.05. The number of benzene rings is 1. The number of esters is 2. The minimum absolute atomic E-state index is 0.0366. The summed E-state index contributed by atoms with van der Waals surface area (Å²) < 4.78 is 20.2. The Morgan fingerprint density at radius 3 is 2.30 bits per heavy atom. The van der Waals surface area contributed by atoms with E-state index in [1.54, 1.807) is 7.11 Å². The number of carbonyl (C=O) groups is 2. The predicted octanol–water partition coefficient (Wildman–Crippen LogP) is 2.27. The zero-order valence-electron chi connectivity index (χ0n) is 16.0. The first-order chi connectivity index (χ1) is 13.0. The third-order valence-electron chi connectivity index (χ3n) is 4.37. The van der Waals surface area contributed by atoms with E-state index in [0.29, 0.717) is 18.7 Å². The van der Waals surface area contributed by atoms with Crippen LogP contribution in [0, 0.1) is 5.92 Å². The Morgan fingerprint density at radius 2 is 1.78 bits per heavy atom. The molecule has 0 unspecified atom stereocenters. The first kappa shape index (κ1) is 20.7. The van der Waals surface area contributed by atoms with Gasteiger partial charge in [-0.2, -0.15) is 0 Å². The Kier molecular flexibility index (Phi) is 7.60. The van der Waals surface area contributed by atoms with Crippen LogP contribution >= 0.6 is 0 Å². The third kappa shape index (κ3) is 5.19. The standard InChI is InChI=1S/C19H25NO7/c1-5-26-17-11-14(12-6-8-13(23-2)9-7-12)16(20-27-17)10-15(18(21)24-3)19(22)25-4/h6-9,14-15,17H,5,10-11H2,1-4H3/t14-,17-/m0/s1. The molecular weight excluding hydrogens is 354 g/mol. The molecule has 1 aromatic rings. The van der Waals surface area contributed by atoms with Crippen molar-refractivity contribution in [1.82, 2.24) is 0 Å². The summed E-state index contributed by atoms with van der Waals surface area (Å²) in [4.78, 5) is 29.4. The number of hydrogen-bond donors (Lipinski definition) is 0. The van der Waals surface area contributed by atoms with Crippen molar-refractivity contribution >= 4 is 17.7 Å². The maximum atomic E-state index is 12.0. The Morgan fingerprint density at radius 1 is 1.15 bits per heavy atom. The molecule has 8 nitrogen and oxygen atoms in total. The van der Waals surface area contributed by atoms with Crippen LogP contribution < -0.4 is 4.74 Å². The van der Waals surface area contributed by atoms with E-state index in [0.717, 1.165) is 11.3 Å². The average Bonchev–Trinajstić information content (AvgIpc) is 2.71. The van der Waals surface area contributed by atoms with Gasteiger partial charge < -0.3 is 23.8 Å². The minimum atomic E-state index is -1.10. The van der Waals surface area contributed by atoms with Crippen molar-refractivity contribution in [3.8, 4) is 5.75 Å². The van der Waals surface area contributed by atoms with Crippen LogP contribution in [0.2, 0.25) is 0 Å². The lowest BCUT2D eigenvalue weighted by Gasteiger charge is -2.29. The van der Waals surface area contributed by atoms with Gasteiger partial charge in [-0.05, 0) is 24.6 Å². The van der Waals surface area contributed by atoms with Gasteiger partial charge in [0.2, 0.25) is 6.29 Å². The van der Waals surface area contributed by atoms with Crippen LogP contribution in [0.4, 0.5) is 0 Å². The number of nitrogens with zero attached hydrogens (tertiary/aromatic N) is 1. The molecule has 2 rings (SSSR count). The average molecular weight is 379 g/mol. The molecule has 1 aliphatic rings. The molecule has 0 aromatic heterocycles. The van der Waals surface area contributed by atoms with Gasteiger partial charge in [0.1, 0.15) is 5.75 Å². The van der Waals surface area contributed by atoms with E-state index in [4.69, 9.17) is 23.8 Å². The summed E-state index contributed by atoms with van der Waals surface area (Å²) in [6, 6.07) is 7.52. The smallest absolute Gasteiger partial charge is 0.320 e. The summed E-state index contributed by atoms with van der Waals surface area (Å²) in [6.45, 7) is 2.35. The van der Waals surface area contributed by atoms with Gasteiger partial charge in [-0.25, -0.2) is 0 Å². The van der Waals surface area contributed by atoms with Gasteiger partial charge in [0, 0.05) is 25.4 Å². The highest BCUT2D eigenvalue weighted by Crippen LogP contribution is 2.32. The van der Waals surface area contributed by atoms with E-state index in [1.807, 2.05) is 31.2 Å². The van der Waals surface area contributed by atoms with Gasteiger partial charge in [-0.15, -0.1) is 0 Å². The van der Waals surface area contributed by atoms with Crippen molar-refractivity contribution in [2.24, 2.45) is 11.1 Å². The van der Waals surface area contributed by atoms with E-state index < -0.39 is 24.1 Å². The van der Waals surface area contributed by atoms with Crippen molar-refractivity contribution in [1.29, 1.82) is 0 Å². The SMILES string of the molecule is CCO[C@@H]1C[C@@H](c2ccc(OC)cc2)C(CC(C(=O)OC)C(=O)OC)=NO1. The number of rotatable bonds is 8. The molecule has 0 saturated carbocycles. The molecule has 1 aromatic carbocycles. The van der Waals surface area contributed by atoms with Crippen LogP contribution in [0.15, 0.2) is 29.4 Å². The van der Waals surface area contributed by atoms with E-state index in [-0.39, 0.29) is 12.3 Å². The monoisotopic (exact) mass is 379 g/mol. The molecule has 2 atom stereocenters. The van der Waals surface area contributed by atoms with Crippen molar-refractivity contribution in [3.05, 3.63) is 29.8 Å². The van der Waals surface area contributed by atoms with Crippen molar-refractivity contribution < 1.29 is 33.4 Å². The summed E-state index contributed by atoms with van der Waals surface area (Å²) in [5.41, 5.74) is 1.51. The Balaban J connectivity index is 2.30. The number of hydrogen-bond acceptors (Lipinski definition) is 8. The van der Waals surface area contributed by atoms with E-state index in [2.05, 4.69) is 5.16 Å². The number of methoxy groups -OCH3 is 3. The fraction of sp³-hybridized carbons (Fsp3) is 0.526. The molecule has 0 fully saturated rings. The highest BCUT2D eigenvalue weighted by Gasteiger charge is 2.36. The third-order valence-corrected chi connectivity index (χ3v) is 4.37. The molecule has 0 radical (unpaired) electrons. The second-order valence-electron chi connectivity index (χ2n) is 5.94. The molecule has 0 amide bonds. The lowest BCUT2D eigenvalue weighted by molar-refractivity contribution is -0.158. The largest absolute Gasteiger partial charge is 0.497 e. The lowest BCUT2D eigenvalue weighted by atomic mass is 9.85. The first-order valence-corrected chi connectivity index (χ1v) is 8.67. The minimum Gasteiger partial charge on any atom is -0.497 e. The van der Waals surface area contributed by atoms with Crippen molar-refractivity contribution in [2.45, 2.75) is 32.0 Å². The zero-order valence-corrected chi connectivity index (χ0v) is 16.0. The first-order valence-electron chi connectivity index (χ1n) is 8.67. The molecule has 0 saturated heterocycles. The van der Waals surface area contributed by atoms with Crippen LogP contribution in [0.3, 0.4) is 0 Å². The quantitative estimate of drug-likeness (QED) is 0.505. The molecule has 1 heterocycles. The summed E-state index contributed by atoms with van der Waals surface area (Å²) in [5.74, 6) is -1.91. The fourth-order valence-corrected chi connectivity index (χ4v) is 2.95. The van der Waals surface area contributed by atoms with Crippen LogP contribution in [-0.4, -0.2) is 51.9 Å². The summed E-state index contributed by atoms with van der Waals surface area (Å²) in [5, 5.41) is 4.15. The molecule has 0 bridgehead atoms. The van der Waals surface area contributed by atoms with Crippen molar-refractivity contribution in [2.75, 3.05) is 27.9 Å². The Hall–Kier alpha value is -2.61. The Labute approximate surface area is 158 Å². The van der Waals surface area contributed by atoms with Gasteiger partial charge in [0.05, 0.1) is 27.0 Å². The molecule has 0 N–H and O–H groups in total. The second-order valence-corrected chi connectivity index (χ2v) is 5.94. The molecular formula is C19H25NO7. The molecule has 0 aliphatic carbocycles. The lowest BCUT2D eigenvalue weighted by Crippen LogP contribution is -2.34. The molecule has 0 spiro atoms. The molecule has 148 valence electrons. The van der Waals surface area contributed by atoms with E-state index in [1.165, 1.54) is 14.2 Å². The van der Waals surface area contributed by atoms with Crippen LogP contribution in [-0.2, 0) is 28.6 Å². The van der Waals surface area contributed by atoms with Crippen molar-refractivity contribution in [3.63, 3.8) is 0 Å². The van der Waals surface area contributed by atoms with Gasteiger partial charge in [0.15, 0.2) is 5.92 Å². The van der Waals surface area contributed by atoms with Gasteiger partial charge in [0.25, 0.3) is 0 Å². The van der Waals surface area contributed by atoms with Gasteiger partial charge in [-0.1, -0.05) is 17.3 Å². The van der Waals surface area contributed by atoms with Gasteiger partial charge in [-0.3, -0.25) is 9.59 Å². The second kappa shape index (κ2) is 9.91. The molecule has 1 aliphatic heterocycles. The van der Waals surface area contributed by atoms with E-state index in [9.17, 15) is 9.59 Å². The summed E-state index contributed by atoms with van der Waals surface area (Å²) >= 11 is 0. The fourth-order valence-electron chi connectivity index (χ4n) is 2.95. The highest BCUT2D eigenvalue weighted by molar-refractivity contribution is 6.02. The molecule has 27 heavy (non-hydrogen) atoms. The van der Waals surface area contributed by atoms with Crippen LogP contribution in [0.5, 0.6) is 5.75 Å². The van der Waals surface area contributed by atoms with E-state index >= 15 is 0 Å².